The summed E-state index contributed by atoms with van der Waals surface area (Å²) in [5, 5.41) is 0. The summed E-state index contributed by atoms with van der Waals surface area (Å²) in [6.45, 7) is 5.34. The van der Waals surface area contributed by atoms with Crippen LogP contribution in [0.15, 0.2) is 73.3 Å². The zero-order valence-electron chi connectivity index (χ0n) is 11.9. The van der Waals surface area contributed by atoms with Crippen LogP contribution < -0.4 is 0 Å². The van der Waals surface area contributed by atoms with Crippen molar-refractivity contribution >= 4 is 0 Å². The molecule has 1 nitrogen and oxygen atoms in total. The maximum Gasteiger partial charge on any atom is 0.0717 e. The van der Waals surface area contributed by atoms with E-state index < -0.39 is 0 Å². The minimum atomic E-state index is 0.416. The fourth-order valence-electron chi connectivity index (χ4n) is 2.17. The van der Waals surface area contributed by atoms with Crippen LogP contribution in [-0.2, 0) is 17.8 Å². The van der Waals surface area contributed by atoms with Crippen LogP contribution in [0.2, 0.25) is 0 Å². The van der Waals surface area contributed by atoms with Crippen molar-refractivity contribution in [1.82, 2.24) is 0 Å². The largest absolute Gasteiger partial charge is 0.376 e. The van der Waals surface area contributed by atoms with Gasteiger partial charge in [0.15, 0.2) is 0 Å². The van der Waals surface area contributed by atoms with E-state index in [-0.39, 0.29) is 0 Å². The van der Waals surface area contributed by atoms with E-state index in [0.29, 0.717) is 12.5 Å². The number of rotatable bonds is 8. The number of ether oxygens (including phenoxy) is 1. The van der Waals surface area contributed by atoms with Gasteiger partial charge < -0.3 is 4.74 Å². The van der Waals surface area contributed by atoms with Gasteiger partial charge in [0.25, 0.3) is 0 Å². The van der Waals surface area contributed by atoms with Gasteiger partial charge in [0.05, 0.1) is 13.2 Å². The number of benzene rings is 2. The van der Waals surface area contributed by atoms with E-state index in [4.69, 9.17) is 4.74 Å². The first-order chi connectivity index (χ1) is 9.88. The number of aryl methyl sites for hydroxylation is 1. The normalized spacial score (nSPS) is 12.0. The molecule has 0 bridgehead atoms. The van der Waals surface area contributed by atoms with Crippen molar-refractivity contribution in [3.05, 3.63) is 84.4 Å². The summed E-state index contributed by atoms with van der Waals surface area (Å²) >= 11 is 0. The van der Waals surface area contributed by atoms with Crippen molar-refractivity contribution in [3.63, 3.8) is 0 Å². The van der Waals surface area contributed by atoms with Gasteiger partial charge in [-0.1, -0.05) is 66.7 Å². The standard InChI is InChI=1S/C19H22O/c1-2-17(13-14-18-9-5-3-6-10-18)15-20-16-19-11-7-4-8-12-19/h2-12,17H,1,13-16H2/t17-/m0/s1. The first-order valence-corrected chi connectivity index (χ1v) is 7.16. The third-order valence-electron chi connectivity index (χ3n) is 3.42. The Kier molecular flexibility index (Phi) is 6.07. The highest BCUT2D eigenvalue weighted by Crippen LogP contribution is 2.12. The molecule has 1 heteroatoms. The van der Waals surface area contributed by atoms with Crippen molar-refractivity contribution < 1.29 is 4.74 Å². The molecule has 0 unspecified atom stereocenters. The zero-order chi connectivity index (χ0) is 14.0. The van der Waals surface area contributed by atoms with E-state index >= 15 is 0 Å². The summed E-state index contributed by atoms with van der Waals surface area (Å²) in [6.07, 6.45) is 4.17. The Labute approximate surface area is 121 Å². The average molecular weight is 266 g/mol. The Balaban J connectivity index is 1.71. The average Bonchev–Trinajstić information content (AvgIpc) is 2.52. The maximum absolute atomic E-state index is 5.79. The first kappa shape index (κ1) is 14.5. The van der Waals surface area contributed by atoms with Gasteiger partial charge in [-0.2, -0.15) is 0 Å². The van der Waals surface area contributed by atoms with Crippen LogP contribution in [0.1, 0.15) is 17.5 Å². The second kappa shape index (κ2) is 8.34. The Morgan fingerprint density at radius 3 is 2.10 bits per heavy atom. The van der Waals surface area contributed by atoms with Gasteiger partial charge in [0.1, 0.15) is 0 Å². The second-order valence-corrected chi connectivity index (χ2v) is 5.02. The molecule has 0 N–H and O–H groups in total. The Morgan fingerprint density at radius 2 is 1.50 bits per heavy atom. The molecule has 20 heavy (non-hydrogen) atoms. The van der Waals surface area contributed by atoms with Crippen LogP contribution in [-0.4, -0.2) is 6.61 Å². The Morgan fingerprint density at radius 1 is 0.900 bits per heavy atom. The third-order valence-corrected chi connectivity index (χ3v) is 3.42. The molecule has 2 aromatic carbocycles. The highest BCUT2D eigenvalue weighted by Gasteiger charge is 2.05. The van der Waals surface area contributed by atoms with E-state index in [9.17, 15) is 0 Å². The van der Waals surface area contributed by atoms with Crippen LogP contribution >= 0.6 is 0 Å². The van der Waals surface area contributed by atoms with Gasteiger partial charge in [0, 0.05) is 5.92 Å². The number of hydrogen-bond acceptors (Lipinski definition) is 1. The summed E-state index contributed by atoms with van der Waals surface area (Å²) in [5.41, 5.74) is 2.60. The predicted octanol–water partition coefficient (Wildman–Crippen LogP) is 4.64. The van der Waals surface area contributed by atoms with Crippen molar-refractivity contribution in [3.8, 4) is 0 Å². The van der Waals surface area contributed by atoms with Gasteiger partial charge in [-0.15, -0.1) is 6.58 Å². The lowest BCUT2D eigenvalue weighted by Crippen LogP contribution is -2.08. The first-order valence-electron chi connectivity index (χ1n) is 7.16. The molecule has 0 aliphatic carbocycles. The molecule has 0 aromatic heterocycles. The van der Waals surface area contributed by atoms with Crippen LogP contribution in [0.5, 0.6) is 0 Å². The highest BCUT2D eigenvalue weighted by atomic mass is 16.5. The van der Waals surface area contributed by atoms with Crippen molar-refractivity contribution in [2.45, 2.75) is 19.4 Å². The quantitative estimate of drug-likeness (QED) is 0.633. The molecule has 0 radical (unpaired) electrons. The van der Waals surface area contributed by atoms with Crippen LogP contribution in [0.3, 0.4) is 0 Å². The summed E-state index contributed by atoms with van der Waals surface area (Å²) in [4.78, 5) is 0. The Hall–Kier alpha value is -1.86. The lowest BCUT2D eigenvalue weighted by molar-refractivity contribution is 0.0974. The SMILES string of the molecule is C=C[C@@H](CCc1ccccc1)COCc1ccccc1. The fourth-order valence-corrected chi connectivity index (χ4v) is 2.17. The number of hydrogen-bond donors (Lipinski definition) is 0. The monoisotopic (exact) mass is 266 g/mol. The van der Waals surface area contributed by atoms with Gasteiger partial charge in [-0.05, 0) is 24.0 Å². The lowest BCUT2D eigenvalue weighted by atomic mass is 10.0. The van der Waals surface area contributed by atoms with E-state index in [1.807, 2.05) is 24.3 Å². The molecule has 0 spiro atoms. The van der Waals surface area contributed by atoms with Gasteiger partial charge >= 0.3 is 0 Å². The van der Waals surface area contributed by atoms with Crippen LogP contribution in [0.4, 0.5) is 0 Å². The third kappa shape index (κ3) is 5.02. The van der Waals surface area contributed by atoms with E-state index in [0.717, 1.165) is 19.4 Å². The van der Waals surface area contributed by atoms with Gasteiger partial charge in [-0.25, -0.2) is 0 Å². The van der Waals surface area contributed by atoms with Crippen LogP contribution in [0, 0.1) is 5.92 Å². The van der Waals surface area contributed by atoms with Crippen molar-refractivity contribution in [2.24, 2.45) is 5.92 Å². The van der Waals surface area contributed by atoms with Gasteiger partial charge in [0.2, 0.25) is 0 Å². The minimum absolute atomic E-state index is 0.416. The summed E-state index contributed by atoms with van der Waals surface area (Å²) in [5.74, 6) is 0.416. The molecule has 0 aliphatic heterocycles. The second-order valence-electron chi connectivity index (χ2n) is 5.02. The molecule has 0 heterocycles. The molecule has 1 atom stereocenters. The highest BCUT2D eigenvalue weighted by molar-refractivity contribution is 5.15. The maximum atomic E-state index is 5.79. The summed E-state index contributed by atoms with van der Waals surface area (Å²) in [7, 11) is 0. The zero-order valence-corrected chi connectivity index (χ0v) is 11.9. The molecule has 0 saturated carbocycles. The fraction of sp³-hybridized carbons (Fsp3) is 0.263. The smallest absolute Gasteiger partial charge is 0.0717 e. The summed E-state index contributed by atoms with van der Waals surface area (Å²) < 4.78 is 5.79. The predicted molar refractivity (Wildman–Crippen MR) is 84.5 cm³/mol. The molecule has 0 aliphatic rings. The molecule has 0 saturated heterocycles. The van der Waals surface area contributed by atoms with E-state index in [2.05, 4.69) is 49.0 Å². The molecular weight excluding hydrogens is 244 g/mol. The van der Waals surface area contributed by atoms with Crippen molar-refractivity contribution in [2.75, 3.05) is 6.61 Å². The van der Waals surface area contributed by atoms with E-state index in [1.54, 1.807) is 0 Å². The molecule has 0 amide bonds. The minimum Gasteiger partial charge on any atom is -0.376 e. The van der Waals surface area contributed by atoms with E-state index in [1.165, 1.54) is 11.1 Å². The molecule has 2 rings (SSSR count). The molecule has 2 aromatic rings. The van der Waals surface area contributed by atoms with Crippen molar-refractivity contribution in [1.29, 1.82) is 0 Å². The molecule has 104 valence electrons. The molecule has 0 fully saturated rings. The lowest BCUT2D eigenvalue weighted by Gasteiger charge is -2.13. The topological polar surface area (TPSA) is 9.23 Å². The Bertz CT molecular complexity index is 490. The van der Waals surface area contributed by atoms with Crippen LogP contribution in [0.25, 0.3) is 0 Å². The van der Waals surface area contributed by atoms with Gasteiger partial charge in [-0.3, -0.25) is 0 Å². The molecular formula is C19H22O. The summed E-state index contributed by atoms with van der Waals surface area (Å²) in [6, 6.07) is 20.9.